The fraction of sp³-hybridized carbons (Fsp3) is 0.412. The largest absolute Gasteiger partial charge is 0.497 e. The van der Waals surface area contributed by atoms with Gasteiger partial charge in [0.25, 0.3) is 0 Å². The Balaban J connectivity index is 1.70. The molecule has 3 rings (SSSR count). The van der Waals surface area contributed by atoms with Crippen LogP contribution < -0.4 is 9.64 Å². The lowest BCUT2D eigenvalue weighted by Crippen LogP contribution is -2.19. The molecule has 0 aliphatic heterocycles. The summed E-state index contributed by atoms with van der Waals surface area (Å²) in [5, 5.41) is 0. The third-order valence-corrected chi connectivity index (χ3v) is 4.17. The van der Waals surface area contributed by atoms with E-state index in [2.05, 4.69) is 40.1 Å². The van der Waals surface area contributed by atoms with Gasteiger partial charge in [0, 0.05) is 31.3 Å². The van der Waals surface area contributed by atoms with Crippen molar-refractivity contribution in [2.45, 2.75) is 31.7 Å². The highest BCUT2D eigenvalue weighted by Crippen LogP contribution is 2.35. The first-order valence-electron chi connectivity index (χ1n) is 7.42. The second kappa shape index (κ2) is 6.12. The van der Waals surface area contributed by atoms with Gasteiger partial charge in [-0.15, -0.1) is 0 Å². The van der Waals surface area contributed by atoms with Crippen molar-refractivity contribution in [1.29, 1.82) is 0 Å². The lowest BCUT2D eigenvalue weighted by atomic mass is 9.83. The lowest BCUT2D eigenvalue weighted by Gasteiger charge is -2.26. The molecule has 0 bridgehead atoms. The van der Waals surface area contributed by atoms with E-state index < -0.39 is 0 Å². The van der Waals surface area contributed by atoms with Crippen LogP contribution >= 0.6 is 0 Å². The Morgan fingerprint density at radius 2 is 1.95 bits per heavy atom. The van der Waals surface area contributed by atoms with E-state index in [0.717, 1.165) is 18.1 Å². The summed E-state index contributed by atoms with van der Waals surface area (Å²) >= 11 is 0. The number of hydrogen-bond donors (Lipinski definition) is 0. The van der Waals surface area contributed by atoms with Gasteiger partial charge in [-0.3, -0.25) is 0 Å². The topological polar surface area (TPSA) is 38.2 Å². The van der Waals surface area contributed by atoms with Crippen molar-refractivity contribution < 1.29 is 4.74 Å². The second-order valence-electron chi connectivity index (χ2n) is 5.63. The van der Waals surface area contributed by atoms with Crippen LogP contribution in [0.2, 0.25) is 0 Å². The van der Waals surface area contributed by atoms with Crippen LogP contribution in [0.3, 0.4) is 0 Å². The standard InChI is InChI=1S/C17H21N3O/c1-20(11-13-6-8-15(21-2)9-7-13)17-10-16(18-12-19-17)14-4-3-5-14/h6-10,12,14H,3-5,11H2,1-2H3. The van der Waals surface area contributed by atoms with Gasteiger partial charge in [0.1, 0.15) is 17.9 Å². The minimum absolute atomic E-state index is 0.640. The number of benzene rings is 1. The molecule has 1 aromatic carbocycles. The van der Waals surface area contributed by atoms with Gasteiger partial charge in [-0.25, -0.2) is 9.97 Å². The molecule has 2 aromatic rings. The van der Waals surface area contributed by atoms with Crippen molar-refractivity contribution in [3.8, 4) is 5.75 Å². The molecule has 0 radical (unpaired) electrons. The Kier molecular flexibility index (Phi) is 4.04. The quantitative estimate of drug-likeness (QED) is 0.843. The van der Waals surface area contributed by atoms with E-state index in [0.29, 0.717) is 5.92 Å². The van der Waals surface area contributed by atoms with E-state index in [-0.39, 0.29) is 0 Å². The van der Waals surface area contributed by atoms with Crippen molar-refractivity contribution in [2.75, 3.05) is 19.1 Å². The Bertz CT molecular complexity index is 593. The first-order chi connectivity index (χ1) is 10.3. The Hall–Kier alpha value is -2.10. The molecule has 1 aliphatic carbocycles. The zero-order chi connectivity index (χ0) is 14.7. The van der Waals surface area contributed by atoms with Crippen molar-refractivity contribution >= 4 is 5.82 Å². The minimum Gasteiger partial charge on any atom is -0.497 e. The first kappa shape index (κ1) is 13.9. The summed E-state index contributed by atoms with van der Waals surface area (Å²) in [6, 6.07) is 10.3. The zero-order valence-electron chi connectivity index (χ0n) is 12.6. The average molecular weight is 283 g/mol. The highest BCUT2D eigenvalue weighted by atomic mass is 16.5. The summed E-state index contributed by atoms with van der Waals surface area (Å²) in [7, 11) is 3.75. The first-order valence-corrected chi connectivity index (χ1v) is 7.42. The molecule has 21 heavy (non-hydrogen) atoms. The van der Waals surface area contributed by atoms with Gasteiger partial charge in [0.2, 0.25) is 0 Å². The van der Waals surface area contributed by atoms with Crippen molar-refractivity contribution in [1.82, 2.24) is 9.97 Å². The van der Waals surface area contributed by atoms with Gasteiger partial charge >= 0.3 is 0 Å². The van der Waals surface area contributed by atoms with Crippen LogP contribution in [-0.2, 0) is 6.54 Å². The lowest BCUT2D eigenvalue weighted by molar-refractivity contribution is 0.410. The second-order valence-corrected chi connectivity index (χ2v) is 5.63. The molecule has 1 saturated carbocycles. The molecule has 1 aliphatic rings. The molecule has 4 nitrogen and oxygen atoms in total. The molecule has 1 heterocycles. The van der Waals surface area contributed by atoms with Gasteiger partial charge in [-0.05, 0) is 30.5 Å². The molecular weight excluding hydrogens is 262 g/mol. The van der Waals surface area contributed by atoms with Gasteiger partial charge in [-0.2, -0.15) is 0 Å². The van der Waals surface area contributed by atoms with Crippen molar-refractivity contribution in [3.63, 3.8) is 0 Å². The summed E-state index contributed by atoms with van der Waals surface area (Å²) in [5.74, 6) is 2.51. The Morgan fingerprint density at radius 1 is 1.19 bits per heavy atom. The third kappa shape index (κ3) is 3.15. The molecule has 1 aromatic heterocycles. The van der Waals surface area contributed by atoms with E-state index in [4.69, 9.17) is 4.74 Å². The fourth-order valence-corrected chi connectivity index (χ4v) is 2.58. The highest BCUT2D eigenvalue weighted by molar-refractivity contribution is 5.40. The summed E-state index contributed by atoms with van der Waals surface area (Å²) in [4.78, 5) is 11.0. The summed E-state index contributed by atoms with van der Waals surface area (Å²) < 4.78 is 5.19. The minimum atomic E-state index is 0.640. The van der Waals surface area contributed by atoms with Crippen LogP contribution in [0.4, 0.5) is 5.82 Å². The van der Waals surface area contributed by atoms with Crippen LogP contribution in [0.5, 0.6) is 5.75 Å². The predicted octanol–water partition coefficient (Wildman–Crippen LogP) is 3.39. The van der Waals surface area contributed by atoms with Crippen LogP contribution in [-0.4, -0.2) is 24.1 Å². The molecule has 1 fully saturated rings. The zero-order valence-corrected chi connectivity index (χ0v) is 12.6. The van der Waals surface area contributed by atoms with Gasteiger partial charge < -0.3 is 9.64 Å². The van der Waals surface area contributed by atoms with Crippen molar-refractivity contribution in [2.24, 2.45) is 0 Å². The molecule has 0 N–H and O–H groups in total. The predicted molar refractivity (Wildman–Crippen MR) is 83.7 cm³/mol. The van der Waals surface area contributed by atoms with Crippen LogP contribution in [0, 0.1) is 0 Å². The number of anilines is 1. The maximum absolute atomic E-state index is 5.19. The molecule has 110 valence electrons. The summed E-state index contributed by atoms with van der Waals surface area (Å²) in [6.45, 7) is 0.825. The molecule has 4 heteroatoms. The molecule has 0 saturated heterocycles. The van der Waals surface area contributed by atoms with E-state index in [1.807, 2.05) is 12.1 Å². The number of aromatic nitrogens is 2. The summed E-state index contributed by atoms with van der Waals surface area (Å²) in [6.07, 6.45) is 5.54. The van der Waals surface area contributed by atoms with Crippen LogP contribution in [0.25, 0.3) is 0 Å². The molecule has 0 unspecified atom stereocenters. The summed E-state index contributed by atoms with van der Waals surface area (Å²) in [5.41, 5.74) is 2.43. The highest BCUT2D eigenvalue weighted by Gasteiger charge is 2.21. The van der Waals surface area contributed by atoms with Crippen molar-refractivity contribution in [3.05, 3.63) is 47.9 Å². The SMILES string of the molecule is COc1ccc(CN(C)c2cc(C3CCC3)ncn2)cc1. The number of nitrogens with zero attached hydrogens (tertiary/aromatic N) is 3. The van der Waals surface area contributed by atoms with Gasteiger partial charge in [0.05, 0.1) is 7.11 Å². The normalized spacial score (nSPS) is 14.6. The van der Waals surface area contributed by atoms with E-state index >= 15 is 0 Å². The van der Waals surface area contributed by atoms with Gasteiger partial charge in [-0.1, -0.05) is 18.6 Å². The number of rotatable bonds is 5. The van der Waals surface area contributed by atoms with Gasteiger partial charge in [0.15, 0.2) is 0 Å². The van der Waals surface area contributed by atoms with E-state index in [1.54, 1.807) is 13.4 Å². The van der Waals surface area contributed by atoms with E-state index in [9.17, 15) is 0 Å². The smallest absolute Gasteiger partial charge is 0.132 e. The fourth-order valence-electron chi connectivity index (χ4n) is 2.58. The third-order valence-electron chi connectivity index (χ3n) is 4.17. The Labute approximate surface area is 125 Å². The molecular formula is C17H21N3O. The van der Waals surface area contributed by atoms with Crippen LogP contribution in [0.15, 0.2) is 36.7 Å². The average Bonchev–Trinajstić information content (AvgIpc) is 2.46. The number of methoxy groups -OCH3 is 1. The molecule has 0 spiro atoms. The van der Waals surface area contributed by atoms with E-state index in [1.165, 1.54) is 30.5 Å². The molecule has 0 atom stereocenters. The maximum atomic E-state index is 5.19. The van der Waals surface area contributed by atoms with Crippen LogP contribution in [0.1, 0.15) is 36.4 Å². The maximum Gasteiger partial charge on any atom is 0.132 e. The monoisotopic (exact) mass is 283 g/mol. The Morgan fingerprint density at radius 3 is 2.57 bits per heavy atom. The number of hydrogen-bond acceptors (Lipinski definition) is 4. The molecule has 0 amide bonds. The number of ether oxygens (including phenoxy) is 1.